The van der Waals surface area contributed by atoms with Crippen molar-refractivity contribution >= 4 is 5.91 Å². The predicted molar refractivity (Wildman–Crippen MR) is 81.3 cm³/mol. The molecule has 1 aromatic carbocycles. The summed E-state index contributed by atoms with van der Waals surface area (Å²) in [7, 11) is 0. The van der Waals surface area contributed by atoms with E-state index in [1.165, 1.54) is 37.8 Å². The van der Waals surface area contributed by atoms with Gasteiger partial charge in [0, 0.05) is 18.7 Å². The van der Waals surface area contributed by atoms with Gasteiger partial charge in [0.2, 0.25) is 0 Å². The molecule has 1 atom stereocenters. The topological polar surface area (TPSA) is 20.3 Å². The van der Waals surface area contributed by atoms with Crippen LogP contribution in [0.3, 0.4) is 0 Å². The molecule has 3 rings (SSSR count). The molecule has 0 N–H and O–H groups in total. The fourth-order valence-corrected chi connectivity index (χ4v) is 3.75. The summed E-state index contributed by atoms with van der Waals surface area (Å²) >= 11 is 0. The first kappa shape index (κ1) is 14.6. The molecule has 1 aliphatic carbocycles. The van der Waals surface area contributed by atoms with Gasteiger partial charge in [-0.05, 0) is 61.8 Å². The molecule has 3 heteroatoms. The van der Waals surface area contributed by atoms with Crippen molar-refractivity contribution in [2.24, 2.45) is 11.8 Å². The third kappa shape index (κ3) is 3.45. The molecule has 1 radical (unpaired) electrons. The Morgan fingerprint density at radius 2 is 1.76 bits per heavy atom. The van der Waals surface area contributed by atoms with Crippen LogP contribution in [0.15, 0.2) is 24.3 Å². The Bertz CT molecular complexity index is 470. The van der Waals surface area contributed by atoms with Crippen molar-refractivity contribution in [2.75, 3.05) is 13.1 Å². The van der Waals surface area contributed by atoms with E-state index in [4.69, 9.17) is 0 Å². The summed E-state index contributed by atoms with van der Waals surface area (Å²) in [5.41, 5.74) is 0.598. The van der Waals surface area contributed by atoms with Crippen LogP contribution < -0.4 is 0 Å². The lowest BCUT2D eigenvalue weighted by Gasteiger charge is -2.37. The van der Waals surface area contributed by atoms with Gasteiger partial charge in [-0.3, -0.25) is 4.79 Å². The largest absolute Gasteiger partial charge is 0.339 e. The maximum absolute atomic E-state index is 12.9. The minimum absolute atomic E-state index is 0.0451. The fraction of sp³-hybridized carbons (Fsp3) is 0.556. The molecule has 2 aliphatic rings. The number of nitrogens with zero attached hydrogens (tertiary/aromatic N) is 1. The monoisotopic (exact) mass is 288 g/mol. The molecule has 0 aromatic heterocycles. The number of rotatable bonds is 2. The summed E-state index contributed by atoms with van der Waals surface area (Å²) in [6, 6.07) is 5.88. The minimum Gasteiger partial charge on any atom is -0.339 e. The quantitative estimate of drug-likeness (QED) is 0.803. The molecule has 1 heterocycles. The third-order valence-corrected chi connectivity index (χ3v) is 5.04. The highest BCUT2D eigenvalue weighted by Crippen LogP contribution is 2.35. The zero-order valence-corrected chi connectivity index (χ0v) is 12.4. The van der Waals surface area contributed by atoms with Crippen LogP contribution in [0.5, 0.6) is 0 Å². The van der Waals surface area contributed by atoms with E-state index in [0.717, 1.165) is 37.8 Å². The van der Waals surface area contributed by atoms with Crippen molar-refractivity contribution in [1.29, 1.82) is 0 Å². The van der Waals surface area contributed by atoms with Gasteiger partial charge in [0.05, 0.1) is 0 Å². The van der Waals surface area contributed by atoms with Crippen molar-refractivity contribution in [2.45, 2.75) is 38.5 Å². The number of hydrogen-bond donors (Lipinski definition) is 0. The summed E-state index contributed by atoms with van der Waals surface area (Å²) in [4.78, 5) is 14.3. The van der Waals surface area contributed by atoms with Crippen LogP contribution >= 0.6 is 0 Å². The van der Waals surface area contributed by atoms with Crippen molar-refractivity contribution in [1.82, 2.24) is 4.90 Å². The van der Waals surface area contributed by atoms with Crippen LogP contribution in [0.4, 0.5) is 4.39 Å². The Labute approximate surface area is 126 Å². The lowest BCUT2D eigenvalue weighted by atomic mass is 9.76. The number of piperidine rings is 1. The highest BCUT2D eigenvalue weighted by molar-refractivity contribution is 5.94. The Kier molecular flexibility index (Phi) is 4.57. The lowest BCUT2D eigenvalue weighted by molar-refractivity contribution is 0.0646. The highest BCUT2D eigenvalue weighted by Gasteiger charge is 2.29. The molecule has 0 spiro atoms. The van der Waals surface area contributed by atoms with E-state index >= 15 is 0 Å². The number of likely N-dealkylation sites (tertiary alicyclic amines) is 1. The Morgan fingerprint density at radius 3 is 2.38 bits per heavy atom. The molecule has 1 saturated heterocycles. The third-order valence-electron chi connectivity index (χ3n) is 5.04. The molecule has 1 aromatic rings. The molecular formula is C18H23FNO. The molecule has 1 amide bonds. The summed E-state index contributed by atoms with van der Waals surface area (Å²) in [6.45, 7) is 1.69. The lowest BCUT2D eigenvalue weighted by Crippen LogP contribution is -2.40. The smallest absolute Gasteiger partial charge is 0.253 e. The van der Waals surface area contributed by atoms with E-state index in [2.05, 4.69) is 6.42 Å². The SMILES string of the molecule is O=C(c1ccc(F)cc1)N1CCC(C2C[CH]CCC2)CC1. The van der Waals surface area contributed by atoms with E-state index in [9.17, 15) is 9.18 Å². The average molecular weight is 288 g/mol. The Morgan fingerprint density at radius 1 is 1.05 bits per heavy atom. The number of carbonyl (C=O) groups is 1. The zero-order chi connectivity index (χ0) is 14.7. The first-order valence-corrected chi connectivity index (χ1v) is 8.10. The van der Waals surface area contributed by atoms with Crippen LogP contribution in [-0.4, -0.2) is 23.9 Å². The maximum Gasteiger partial charge on any atom is 0.253 e. The summed E-state index contributed by atoms with van der Waals surface area (Å²) < 4.78 is 12.9. The standard InChI is InChI=1S/C18H23FNO/c19-17-8-6-16(7-9-17)18(21)20-12-10-15(11-13-20)14-4-2-1-3-5-14/h2,6-9,14-15H,1,3-5,10-13H2. The summed E-state index contributed by atoms with van der Waals surface area (Å²) in [5.74, 6) is 1.36. The molecule has 1 unspecified atom stereocenters. The second-order valence-electron chi connectivity index (χ2n) is 6.35. The van der Waals surface area contributed by atoms with Gasteiger partial charge in [0.1, 0.15) is 5.82 Å². The molecule has 1 aliphatic heterocycles. The van der Waals surface area contributed by atoms with E-state index in [0.29, 0.717) is 5.56 Å². The van der Waals surface area contributed by atoms with Crippen molar-refractivity contribution < 1.29 is 9.18 Å². The van der Waals surface area contributed by atoms with Gasteiger partial charge in [-0.25, -0.2) is 4.39 Å². The predicted octanol–water partition coefficient (Wildman–Crippen LogP) is 4.07. The summed E-state index contributed by atoms with van der Waals surface area (Å²) in [6.07, 6.45) is 9.89. The van der Waals surface area contributed by atoms with Gasteiger partial charge in [0.15, 0.2) is 0 Å². The molecule has 0 bridgehead atoms. The van der Waals surface area contributed by atoms with Crippen molar-refractivity contribution in [3.63, 3.8) is 0 Å². The van der Waals surface area contributed by atoms with Gasteiger partial charge in [-0.15, -0.1) is 0 Å². The van der Waals surface area contributed by atoms with Gasteiger partial charge in [-0.1, -0.05) is 19.3 Å². The van der Waals surface area contributed by atoms with Crippen LogP contribution in [0, 0.1) is 24.1 Å². The molecule has 2 fully saturated rings. The minimum atomic E-state index is -0.293. The molecule has 113 valence electrons. The van der Waals surface area contributed by atoms with E-state index in [1.807, 2.05) is 4.90 Å². The van der Waals surface area contributed by atoms with Crippen molar-refractivity contribution in [3.8, 4) is 0 Å². The zero-order valence-electron chi connectivity index (χ0n) is 12.4. The van der Waals surface area contributed by atoms with E-state index in [1.54, 1.807) is 12.1 Å². The van der Waals surface area contributed by atoms with Gasteiger partial charge in [-0.2, -0.15) is 0 Å². The normalized spacial score (nSPS) is 21.5. The molecular weight excluding hydrogens is 265 g/mol. The number of benzene rings is 1. The molecule has 1 saturated carbocycles. The summed E-state index contributed by atoms with van der Waals surface area (Å²) in [5, 5.41) is 0. The van der Waals surface area contributed by atoms with E-state index < -0.39 is 0 Å². The van der Waals surface area contributed by atoms with Crippen LogP contribution in [0.1, 0.15) is 48.9 Å². The number of amides is 1. The second-order valence-corrected chi connectivity index (χ2v) is 6.35. The van der Waals surface area contributed by atoms with Gasteiger partial charge < -0.3 is 4.90 Å². The number of hydrogen-bond acceptors (Lipinski definition) is 1. The number of carbonyl (C=O) groups excluding carboxylic acids is 1. The molecule has 21 heavy (non-hydrogen) atoms. The average Bonchev–Trinajstić information content (AvgIpc) is 2.56. The Balaban J connectivity index is 1.55. The van der Waals surface area contributed by atoms with Crippen LogP contribution in [-0.2, 0) is 0 Å². The van der Waals surface area contributed by atoms with Crippen LogP contribution in [0.2, 0.25) is 0 Å². The highest BCUT2D eigenvalue weighted by atomic mass is 19.1. The second kappa shape index (κ2) is 6.59. The first-order chi connectivity index (χ1) is 10.2. The van der Waals surface area contributed by atoms with Crippen LogP contribution in [0.25, 0.3) is 0 Å². The first-order valence-electron chi connectivity index (χ1n) is 8.10. The van der Waals surface area contributed by atoms with Crippen molar-refractivity contribution in [3.05, 3.63) is 42.1 Å². The maximum atomic E-state index is 12.9. The van der Waals surface area contributed by atoms with E-state index in [-0.39, 0.29) is 11.7 Å². The fourth-order valence-electron chi connectivity index (χ4n) is 3.75. The van der Waals surface area contributed by atoms with Gasteiger partial charge >= 0.3 is 0 Å². The molecule has 2 nitrogen and oxygen atoms in total. The van der Waals surface area contributed by atoms with Gasteiger partial charge in [0.25, 0.3) is 5.91 Å². The Hall–Kier alpha value is -1.38. The number of halogens is 1.